The average Bonchev–Trinajstić information content (AvgIpc) is 2.25. The second-order valence-corrected chi connectivity index (χ2v) is 3.89. The zero-order valence-corrected chi connectivity index (χ0v) is 9.18. The summed E-state index contributed by atoms with van der Waals surface area (Å²) in [7, 11) is 0. The van der Waals surface area contributed by atoms with Gasteiger partial charge in [-0.3, -0.25) is 0 Å². The van der Waals surface area contributed by atoms with Crippen LogP contribution in [0.1, 0.15) is 18.6 Å². The molecule has 0 spiro atoms. The summed E-state index contributed by atoms with van der Waals surface area (Å²) in [6.07, 6.45) is -0.323. The maximum atomic E-state index is 11.3. The van der Waals surface area contributed by atoms with Crippen molar-refractivity contribution >= 4 is 5.97 Å². The molecular formula is C13H14O3. The molecule has 1 aliphatic heterocycles. The summed E-state index contributed by atoms with van der Waals surface area (Å²) in [5.74, 6) is -0.353. The zero-order valence-electron chi connectivity index (χ0n) is 9.18. The largest absolute Gasteiger partial charge is 0.453 e. The van der Waals surface area contributed by atoms with Crippen LogP contribution in [0.2, 0.25) is 0 Å². The maximum Gasteiger partial charge on any atom is 0.333 e. The Morgan fingerprint density at radius 3 is 2.62 bits per heavy atom. The summed E-state index contributed by atoms with van der Waals surface area (Å²) in [5.41, 5.74) is 1.45. The van der Waals surface area contributed by atoms with Gasteiger partial charge >= 0.3 is 5.97 Å². The fourth-order valence-corrected chi connectivity index (χ4v) is 1.56. The number of rotatable bonds is 3. The number of esters is 1. The van der Waals surface area contributed by atoms with E-state index in [9.17, 15) is 4.79 Å². The molecule has 3 heteroatoms. The molecule has 16 heavy (non-hydrogen) atoms. The van der Waals surface area contributed by atoms with Crippen LogP contribution in [-0.4, -0.2) is 18.7 Å². The minimum Gasteiger partial charge on any atom is -0.453 e. The van der Waals surface area contributed by atoms with Gasteiger partial charge in [0.25, 0.3) is 0 Å². The minimum absolute atomic E-state index is 0.135. The monoisotopic (exact) mass is 218 g/mol. The van der Waals surface area contributed by atoms with E-state index in [0.717, 1.165) is 5.56 Å². The summed E-state index contributed by atoms with van der Waals surface area (Å²) < 4.78 is 10.7. The van der Waals surface area contributed by atoms with E-state index in [4.69, 9.17) is 9.47 Å². The quantitative estimate of drug-likeness (QED) is 0.576. The van der Waals surface area contributed by atoms with Gasteiger partial charge in [-0.15, -0.1) is 0 Å². The fourth-order valence-electron chi connectivity index (χ4n) is 1.56. The number of carbonyl (C=O) groups is 1. The number of hydrogen-bond donors (Lipinski definition) is 0. The third-order valence-electron chi connectivity index (χ3n) is 2.51. The van der Waals surface area contributed by atoms with Gasteiger partial charge in [-0.1, -0.05) is 36.9 Å². The minimum atomic E-state index is -0.353. The molecule has 1 saturated heterocycles. The second kappa shape index (κ2) is 4.49. The Morgan fingerprint density at radius 2 is 2.12 bits per heavy atom. The Bertz CT molecular complexity index is 397. The van der Waals surface area contributed by atoms with Crippen molar-refractivity contribution < 1.29 is 14.3 Å². The van der Waals surface area contributed by atoms with Gasteiger partial charge in [0.15, 0.2) is 6.10 Å². The number of ether oxygens (including phenoxy) is 2. The number of carbonyl (C=O) groups excluding carboxylic acids is 1. The van der Waals surface area contributed by atoms with Crippen LogP contribution < -0.4 is 0 Å². The molecule has 3 nitrogen and oxygen atoms in total. The van der Waals surface area contributed by atoms with Gasteiger partial charge in [0.05, 0.1) is 6.61 Å². The van der Waals surface area contributed by atoms with Crippen molar-refractivity contribution in [3.8, 4) is 0 Å². The molecule has 84 valence electrons. The molecule has 0 N–H and O–H groups in total. The molecule has 1 aromatic carbocycles. The van der Waals surface area contributed by atoms with Crippen LogP contribution in [-0.2, 0) is 14.3 Å². The molecule has 2 atom stereocenters. The van der Waals surface area contributed by atoms with E-state index in [2.05, 4.69) is 6.58 Å². The zero-order chi connectivity index (χ0) is 11.5. The second-order valence-electron chi connectivity index (χ2n) is 3.89. The predicted molar refractivity (Wildman–Crippen MR) is 59.8 cm³/mol. The number of hydrogen-bond acceptors (Lipinski definition) is 3. The molecule has 0 saturated carbocycles. The summed E-state index contributed by atoms with van der Waals surface area (Å²) in [5, 5.41) is 0. The highest BCUT2D eigenvalue weighted by Crippen LogP contribution is 2.32. The Hall–Kier alpha value is -1.61. The van der Waals surface area contributed by atoms with Gasteiger partial charge in [0.2, 0.25) is 0 Å². The smallest absolute Gasteiger partial charge is 0.333 e. The molecule has 1 aromatic rings. The lowest BCUT2D eigenvalue weighted by molar-refractivity contribution is -0.197. The van der Waals surface area contributed by atoms with Crippen LogP contribution in [0.3, 0.4) is 0 Å². The molecule has 2 unspecified atom stereocenters. The maximum absolute atomic E-state index is 11.3. The Labute approximate surface area is 94.7 Å². The first-order valence-electron chi connectivity index (χ1n) is 5.21. The first kappa shape index (κ1) is 10.9. The lowest BCUT2D eigenvalue weighted by atomic mass is 10.0. The van der Waals surface area contributed by atoms with E-state index < -0.39 is 0 Å². The third kappa shape index (κ3) is 2.14. The van der Waals surface area contributed by atoms with Gasteiger partial charge in [-0.2, -0.15) is 0 Å². The average molecular weight is 218 g/mol. The van der Waals surface area contributed by atoms with E-state index in [1.54, 1.807) is 6.92 Å². The number of benzene rings is 1. The van der Waals surface area contributed by atoms with E-state index >= 15 is 0 Å². The molecule has 1 aliphatic rings. The van der Waals surface area contributed by atoms with Gasteiger partial charge in [-0.25, -0.2) is 4.79 Å². The lowest BCUT2D eigenvalue weighted by Crippen LogP contribution is -2.41. The summed E-state index contributed by atoms with van der Waals surface area (Å²) >= 11 is 0. The van der Waals surface area contributed by atoms with Crippen LogP contribution in [0.25, 0.3) is 0 Å². The van der Waals surface area contributed by atoms with Crippen molar-refractivity contribution in [2.24, 2.45) is 0 Å². The van der Waals surface area contributed by atoms with Crippen molar-refractivity contribution in [3.63, 3.8) is 0 Å². The van der Waals surface area contributed by atoms with Crippen LogP contribution in [0.15, 0.2) is 42.5 Å². The van der Waals surface area contributed by atoms with Crippen molar-refractivity contribution in [2.45, 2.75) is 19.1 Å². The molecule has 0 aromatic heterocycles. The highest BCUT2D eigenvalue weighted by Gasteiger charge is 2.36. The van der Waals surface area contributed by atoms with Crippen LogP contribution in [0.4, 0.5) is 0 Å². The summed E-state index contributed by atoms with van der Waals surface area (Å²) in [4.78, 5) is 11.3. The van der Waals surface area contributed by atoms with Gasteiger partial charge in [0.1, 0.15) is 6.10 Å². The van der Waals surface area contributed by atoms with Crippen LogP contribution >= 0.6 is 0 Å². The third-order valence-corrected chi connectivity index (χ3v) is 2.51. The van der Waals surface area contributed by atoms with Crippen LogP contribution in [0.5, 0.6) is 0 Å². The highest BCUT2D eigenvalue weighted by molar-refractivity contribution is 5.87. The van der Waals surface area contributed by atoms with Crippen molar-refractivity contribution in [1.29, 1.82) is 0 Å². The van der Waals surface area contributed by atoms with E-state index in [-0.39, 0.29) is 18.2 Å². The first-order chi connectivity index (χ1) is 7.68. The lowest BCUT2D eigenvalue weighted by Gasteiger charge is -2.36. The van der Waals surface area contributed by atoms with E-state index in [1.807, 2.05) is 30.3 Å². The molecule has 1 heterocycles. The molecule has 0 aliphatic carbocycles. The van der Waals surface area contributed by atoms with Crippen molar-refractivity contribution in [1.82, 2.24) is 0 Å². The molecule has 0 bridgehead atoms. The molecular weight excluding hydrogens is 204 g/mol. The normalized spacial score (nSPS) is 23.3. The first-order valence-corrected chi connectivity index (χ1v) is 5.21. The van der Waals surface area contributed by atoms with E-state index in [1.165, 1.54) is 0 Å². The highest BCUT2D eigenvalue weighted by atomic mass is 16.6. The summed E-state index contributed by atoms with van der Waals surface area (Å²) in [6.45, 7) is 5.64. The molecule has 0 amide bonds. The van der Waals surface area contributed by atoms with Crippen molar-refractivity contribution in [3.05, 3.63) is 48.0 Å². The summed E-state index contributed by atoms with van der Waals surface area (Å²) in [6, 6.07) is 9.75. The van der Waals surface area contributed by atoms with E-state index in [0.29, 0.717) is 12.2 Å². The molecule has 0 radical (unpaired) electrons. The van der Waals surface area contributed by atoms with Gasteiger partial charge in [0, 0.05) is 5.57 Å². The Morgan fingerprint density at radius 1 is 1.44 bits per heavy atom. The van der Waals surface area contributed by atoms with Gasteiger partial charge in [-0.05, 0) is 12.5 Å². The molecule has 2 rings (SSSR count). The van der Waals surface area contributed by atoms with Crippen molar-refractivity contribution in [2.75, 3.05) is 6.61 Å². The Balaban J connectivity index is 1.99. The topological polar surface area (TPSA) is 35.5 Å². The fraction of sp³-hybridized carbons (Fsp3) is 0.308. The van der Waals surface area contributed by atoms with Gasteiger partial charge < -0.3 is 9.47 Å². The standard InChI is InChI=1S/C13H14O3/c1-9(2)13(14)16-11-8-15-12(11)10-6-4-3-5-7-10/h3-7,11-12H,1,8H2,2H3. The SMILES string of the molecule is C=C(C)C(=O)OC1COC1c1ccccc1. The Kier molecular flexibility index (Phi) is 3.06. The van der Waals surface area contributed by atoms with Crippen LogP contribution in [0, 0.1) is 0 Å². The predicted octanol–water partition coefficient (Wildman–Crippen LogP) is 2.25. The molecule has 1 fully saturated rings.